The van der Waals surface area contributed by atoms with Gasteiger partial charge in [0.05, 0.1) is 32.2 Å². The first-order valence-electron chi connectivity index (χ1n) is 30.7. The Bertz CT molecular complexity index is 2750. The van der Waals surface area contributed by atoms with E-state index in [0.29, 0.717) is 115 Å². The minimum atomic E-state index is -1.22. The fourth-order valence-electron chi connectivity index (χ4n) is 10.3. The van der Waals surface area contributed by atoms with Crippen molar-refractivity contribution in [2.45, 2.75) is 76.8 Å². The summed E-state index contributed by atoms with van der Waals surface area (Å²) in [5, 5.41) is 54.8. The summed E-state index contributed by atoms with van der Waals surface area (Å²) in [6.45, 7) is 9.39. The Morgan fingerprint density at radius 2 is 1.17 bits per heavy atom. The largest absolute Gasteiger partial charge is 0.508 e. The maximum Gasteiger partial charge on any atom is 0.344 e. The number of aliphatic carboxylic acids is 3. The van der Waals surface area contributed by atoms with Crippen LogP contribution in [0.2, 0.25) is 0 Å². The third-order valence-electron chi connectivity index (χ3n) is 15.2. The van der Waals surface area contributed by atoms with Crippen molar-refractivity contribution in [3.63, 3.8) is 0 Å². The predicted octanol–water partition coefficient (Wildman–Crippen LogP) is 1.02. The van der Waals surface area contributed by atoms with Crippen LogP contribution in [0, 0.1) is 11.6 Å². The van der Waals surface area contributed by atoms with Crippen LogP contribution in [0.5, 0.6) is 11.5 Å². The molecule has 5 rings (SSSR count). The predicted molar refractivity (Wildman–Crippen MR) is 330 cm³/mol. The quantitative estimate of drug-likeness (QED) is 0.0226. The van der Waals surface area contributed by atoms with E-state index in [9.17, 15) is 67.6 Å². The molecule has 2 aliphatic rings. The molecule has 2 saturated heterocycles. The number of piperazine rings is 1. The van der Waals surface area contributed by atoms with Crippen LogP contribution < -0.4 is 42.4 Å². The molecule has 1 unspecified atom stereocenters. The van der Waals surface area contributed by atoms with E-state index in [1.165, 1.54) is 0 Å². The van der Waals surface area contributed by atoms with Gasteiger partial charge in [-0.05, 0) is 61.9 Å². The number of carbonyl (C=O) groups excluding carboxylic acids is 5. The third-order valence-corrected chi connectivity index (χ3v) is 15.2. The number of hydrogen-bond acceptors (Lipinski definition) is 16. The molecule has 0 aromatic heterocycles. The zero-order chi connectivity index (χ0) is 65.2. The number of amides is 6. The van der Waals surface area contributed by atoms with Crippen LogP contribution in [0.25, 0.3) is 0 Å². The monoisotopic (exact) mass is 1260 g/mol. The number of nitrogens with two attached hydrogens (primary N) is 1. The lowest BCUT2D eigenvalue weighted by Gasteiger charge is -2.34. The third kappa shape index (κ3) is 27.7. The number of unbranched alkanes of at least 4 members (excludes halogenated alkanes) is 2. The second-order valence-electron chi connectivity index (χ2n) is 22.1. The number of hydrogen-bond donors (Lipinski definition) is 11. The van der Waals surface area contributed by atoms with Crippen LogP contribution >= 0.6 is 0 Å². The number of guanidine groups is 1. The highest BCUT2D eigenvalue weighted by molar-refractivity contribution is 5.93. The molecule has 2 atom stereocenters. The SMILES string of the molecule is CCC(=O)NCCNC(=O)/N=C(/N)NCCC[C@@H](NC(=O)C(c1ccccc1)c1ccc(OCCCN2CCN(C(=O)CCCCCNCN3CCN(CC(=O)O)CCN(CC(=O)O)CCN(CC(=O)O)CC3)CC2)cc1)C(=O)NCc1c(F)cc(O)cc1F. The van der Waals surface area contributed by atoms with Crippen molar-refractivity contribution >= 4 is 53.5 Å². The van der Waals surface area contributed by atoms with E-state index >= 15 is 0 Å². The molecule has 0 spiro atoms. The Hall–Kier alpha value is -8.09. The molecule has 0 aliphatic carbocycles. The lowest BCUT2D eigenvalue weighted by Crippen LogP contribution is -2.49. The Kier molecular flexibility index (Phi) is 32.1. The van der Waals surface area contributed by atoms with Crippen LogP contribution in [0.3, 0.4) is 0 Å². The number of benzene rings is 3. The van der Waals surface area contributed by atoms with E-state index in [-0.39, 0.29) is 69.9 Å². The molecule has 12 N–H and O–H groups in total. The smallest absolute Gasteiger partial charge is 0.344 e. The maximum absolute atomic E-state index is 14.7. The van der Waals surface area contributed by atoms with Gasteiger partial charge in [-0.15, -0.1) is 0 Å². The number of phenolic OH excluding ortho intramolecular Hbond substituents is 1. The average molecular weight is 1270 g/mol. The summed E-state index contributed by atoms with van der Waals surface area (Å²) in [5.41, 5.74) is 6.63. The summed E-state index contributed by atoms with van der Waals surface area (Å²) < 4.78 is 35.4. The molecule has 2 fully saturated rings. The molecule has 3 aromatic carbocycles. The van der Waals surface area contributed by atoms with Crippen molar-refractivity contribution in [3.8, 4) is 11.5 Å². The van der Waals surface area contributed by atoms with Crippen molar-refractivity contribution in [1.29, 1.82) is 0 Å². The summed E-state index contributed by atoms with van der Waals surface area (Å²) in [4.78, 5) is 115. The van der Waals surface area contributed by atoms with Gasteiger partial charge in [-0.1, -0.05) is 55.8 Å². The number of aliphatic imine (C=N–C) groups is 1. The van der Waals surface area contributed by atoms with E-state index in [2.05, 4.69) is 46.7 Å². The van der Waals surface area contributed by atoms with Gasteiger partial charge in [0, 0.05) is 148 Å². The van der Waals surface area contributed by atoms with Gasteiger partial charge >= 0.3 is 23.9 Å². The van der Waals surface area contributed by atoms with Crippen LogP contribution in [-0.4, -0.2) is 254 Å². The lowest BCUT2D eigenvalue weighted by molar-refractivity contribution is -0.140. The van der Waals surface area contributed by atoms with Gasteiger partial charge in [0.2, 0.25) is 23.6 Å². The fraction of sp³-hybridized carbons (Fsp3) is 0.557. The number of halogens is 2. The number of carboxylic acid groups (broad SMARTS) is 3. The van der Waals surface area contributed by atoms with Crippen molar-refractivity contribution in [2.24, 2.45) is 10.7 Å². The van der Waals surface area contributed by atoms with Crippen molar-refractivity contribution in [3.05, 3.63) is 95.1 Å². The molecular weight excluding hydrogens is 1170 g/mol. The molecule has 0 bridgehead atoms. The van der Waals surface area contributed by atoms with Crippen LogP contribution in [0.4, 0.5) is 13.6 Å². The van der Waals surface area contributed by atoms with Gasteiger partial charge in [-0.2, -0.15) is 4.99 Å². The number of phenols is 1. The highest BCUT2D eigenvalue weighted by atomic mass is 19.1. The lowest BCUT2D eigenvalue weighted by atomic mass is 9.90. The van der Waals surface area contributed by atoms with Gasteiger partial charge in [0.25, 0.3) is 0 Å². The number of nitrogens with one attached hydrogen (secondary N) is 6. The Balaban J connectivity index is 1.04. The summed E-state index contributed by atoms with van der Waals surface area (Å²) in [6, 6.07) is 15.4. The molecule has 2 aliphatic heterocycles. The van der Waals surface area contributed by atoms with E-state index in [1.807, 2.05) is 4.90 Å². The number of carboxylic acids is 3. The molecular formula is C61H90F2N14O13. The van der Waals surface area contributed by atoms with Gasteiger partial charge in [0.15, 0.2) is 5.96 Å². The summed E-state index contributed by atoms with van der Waals surface area (Å²) >= 11 is 0. The molecule has 90 heavy (non-hydrogen) atoms. The second-order valence-corrected chi connectivity index (χ2v) is 22.1. The normalized spacial score (nSPS) is 15.9. The van der Waals surface area contributed by atoms with Crippen molar-refractivity contribution in [2.75, 3.05) is 144 Å². The molecule has 29 heteroatoms. The number of rotatable bonds is 34. The Morgan fingerprint density at radius 3 is 1.74 bits per heavy atom. The Labute approximate surface area is 523 Å². The van der Waals surface area contributed by atoms with Gasteiger partial charge in [0.1, 0.15) is 29.2 Å². The first-order valence-corrected chi connectivity index (χ1v) is 30.7. The summed E-state index contributed by atoms with van der Waals surface area (Å²) in [7, 11) is 0. The van der Waals surface area contributed by atoms with Crippen molar-refractivity contribution < 1.29 is 72.3 Å². The molecule has 2 heterocycles. The first kappa shape index (κ1) is 72.7. The van der Waals surface area contributed by atoms with Crippen LogP contribution in [0.15, 0.2) is 71.7 Å². The summed E-state index contributed by atoms with van der Waals surface area (Å²) in [5.74, 6) is -7.60. The second kappa shape index (κ2) is 39.8. The Morgan fingerprint density at radius 1 is 0.611 bits per heavy atom. The zero-order valence-electron chi connectivity index (χ0n) is 51.4. The molecule has 3 aromatic rings. The molecule has 496 valence electrons. The van der Waals surface area contributed by atoms with E-state index in [0.717, 1.165) is 57.5 Å². The molecule has 6 amide bonds. The number of nitrogens with zero attached hydrogens (tertiary/aromatic N) is 7. The van der Waals surface area contributed by atoms with E-state index < -0.39 is 77.2 Å². The van der Waals surface area contributed by atoms with Gasteiger partial charge in [-0.25, -0.2) is 13.6 Å². The average Bonchev–Trinajstić information content (AvgIpc) is 1.13. The number of aromatic hydroxyl groups is 1. The number of ether oxygens (including phenoxy) is 1. The molecule has 27 nitrogen and oxygen atoms in total. The number of carbonyl (C=O) groups is 8. The van der Waals surface area contributed by atoms with E-state index in [1.54, 1.807) is 76.2 Å². The minimum Gasteiger partial charge on any atom is -0.508 e. The minimum absolute atomic E-state index is 0.0131. The molecule has 0 radical (unpaired) electrons. The molecule has 0 saturated carbocycles. The maximum atomic E-state index is 14.7. The standard InChI is InChI=1S/C61H90F2N14O13/c1-2-52(79)66-21-22-68-61(89)71-60(64)67-20-9-13-51(58(87)69-39-48-49(62)37-46(78)38-50(48)63)70-59(88)57(44-11-5-3-6-12-44)45-15-17-47(18-16-45)90-36-10-23-72-32-34-77(35-33-72)53(80)14-7-4-8-19-65-43-76-30-28-74(41-55(83)84)26-24-73(40-54(81)82)25-27-75(29-31-76)42-56(85)86/h3,5-6,11-12,15-18,37-38,51,57,65,78H,2,4,7-10,13-14,19-36,39-43H2,1H3,(H,66,79)(H,69,87)(H,70,88)(H,81,82)(H,83,84)(H,85,86)(H4,64,67,68,71,89)/t51-,57?/m1/s1. The zero-order valence-corrected chi connectivity index (χ0v) is 51.4. The van der Waals surface area contributed by atoms with Crippen LogP contribution in [-0.2, 0) is 40.1 Å². The van der Waals surface area contributed by atoms with E-state index in [4.69, 9.17) is 10.5 Å². The van der Waals surface area contributed by atoms with Crippen LogP contribution in [0.1, 0.15) is 80.9 Å². The highest BCUT2D eigenvalue weighted by Crippen LogP contribution is 2.28. The topological polar surface area (TPSA) is 357 Å². The van der Waals surface area contributed by atoms with Gasteiger partial charge in [-0.3, -0.25) is 58.1 Å². The fourth-order valence-corrected chi connectivity index (χ4v) is 10.3. The number of urea groups is 1. The van der Waals surface area contributed by atoms with Gasteiger partial charge < -0.3 is 67.7 Å². The highest BCUT2D eigenvalue weighted by Gasteiger charge is 2.29. The van der Waals surface area contributed by atoms with Crippen molar-refractivity contribution in [1.82, 2.24) is 61.3 Å². The first-order chi connectivity index (χ1) is 43.3. The summed E-state index contributed by atoms with van der Waals surface area (Å²) in [6.07, 6.45) is 4.13.